The van der Waals surface area contributed by atoms with Gasteiger partial charge in [-0.15, -0.1) is 0 Å². The summed E-state index contributed by atoms with van der Waals surface area (Å²) in [5.41, 5.74) is -1.54. The molecule has 0 spiro atoms. The van der Waals surface area contributed by atoms with E-state index >= 15 is 0 Å². The molecule has 0 saturated carbocycles. The number of nitrogens with one attached hydrogen (secondary N) is 1. The highest BCUT2D eigenvalue weighted by Crippen LogP contribution is 2.37. The second kappa shape index (κ2) is 9.61. The molecule has 2 fully saturated rings. The van der Waals surface area contributed by atoms with Crippen LogP contribution in [0.3, 0.4) is 0 Å². The van der Waals surface area contributed by atoms with Gasteiger partial charge in [-0.1, -0.05) is 0 Å². The van der Waals surface area contributed by atoms with Gasteiger partial charge in [0.05, 0.1) is 17.6 Å². The maximum atomic E-state index is 12.9. The highest BCUT2D eigenvalue weighted by molar-refractivity contribution is 5.79. The van der Waals surface area contributed by atoms with Crippen molar-refractivity contribution in [3.05, 3.63) is 33.9 Å². The van der Waals surface area contributed by atoms with Crippen LogP contribution >= 0.6 is 0 Å². The van der Waals surface area contributed by atoms with Crippen molar-refractivity contribution in [1.29, 1.82) is 0 Å². The molecule has 9 nitrogen and oxygen atoms in total. The summed E-state index contributed by atoms with van der Waals surface area (Å²) in [6.45, 7) is 1.64. The van der Waals surface area contributed by atoms with Crippen LogP contribution in [0.4, 0.5) is 29.3 Å². The number of carbonyl (C=O) groups is 2. The normalized spacial score (nSPS) is 18.4. The summed E-state index contributed by atoms with van der Waals surface area (Å²) in [5.74, 6) is -0.388. The SMILES string of the molecule is COC(=O)N1CCC(NC(=O)C2CCN(c3ccc(C(F)(F)F)cc3[N+](=O)[O-])CC2)CC1. The largest absolute Gasteiger partial charge is 0.453 e. The molecule has 0 unspecified atom stereocenters. The van der Waals surface area contributed by atoms with E-state index in [9.17, 15) is 32.9 Å². The van der Waals surface area contributed by atoms with Crippen molar-refractivity contribution < 1.29 is 32.4 Å². The number of nitrogens with zero attached hydrogens (tertiary/aromatic N) is 3. The van der Waals surface area contributed by atoms with Crippen LogP contribution in [-0.4, -0.2) is 61.2 Å². The Morgan fingerprint density at radius 1 is 1.12 bits per heavy atom. The number of benzene rings is 1. The monoisotopic (exact) mass is 458 g/mol. The lowest BCUT2D eigenvalue weighted by Gasteiger charge is -2.35. The number of carbonyl (C=O) groups excluding carboxylic acids is 2. The first-order valence-corrected chi connectivity index (χ1v) is 10.3. The average molecular weight is 458 g/mol. The maximum Gasteiger partial charge on any atom is 0.416 e. The van der Waals surface area contributed by atoms with Crippen LogP contribution in [-0.2, 0) is 15.7 Å². The number of anilines is 1. The van der Waals surface area contributed by atoms with Crippen molar-refractivity contribution in [3.63, 3.8) is 0 Å². The predicted molar refractivity (Wildman–Crippen MR) is 108 cm³/mol. The minimum Gasteiger partial charge on any atom is -0.453 e. The van der Waals surface area contributed by atoms with Crippen molar-refractivity contribution in [1.82, 2.24) is 10.2 Å². The van der Waals surface area contributed by atoms with Gasteiger partial charge >= 0.3 is 12.3 Å². The Kier molecular flexibility index (Phi) is 7.09. The number of nitro groups is 1. The Morgan fingerprint density at radius 2 is 1.75 bits per heavy atom. The van der Waals surface area contributed by atoms with Crippen LogP contribution < -0.4 is 10.2 Å². The molecule has 0 atom stereocenters. The van der Waals surface area contributed by atoms with Crippen molar-refractivity contribution in [2.75, 3.05) is 38.2 Å². The number of methoxy groups -OCH3 is 1. The third kappa shape index (κ3) is 5.40. The molecule has 1 aromatic rings. The second-order valence-electron chi connectivity index (χ2n) is 7.96. The van der Waals surface area contributed by atoms with E-state index in [0.717, 1.165) is 12.1 Å². The van der Waals surface area contributed by atoms with Crippen molar-refractivity contribution in [2.45, 2.75) is 37.9 Å². The van der Waals surface area contributed by atoms with Gasteiger partial charge in [0.25, 0.3) is 5.69 Å². The highest BCUT2D eigenvalue weighted by Gasteiger charge is 2.35. The molecule has 2 saturated heterocycles. The molecule has 32 heavy (non-hydrogen) atoms. The number of hydrogen-bond acceptors (Lipinski definition) is 6. The molecular formula is C20H25F3N4O5. The summed E-state index contributed by atoms with van der Waals surface area (Å²) in [4.78, 5) is 37.9. The number of ether oxygens (including phenoxy) is 1. The maximum absolute atomic E-state index is 12.9. The summed E-state index contributed by atoms with van der Waals surface area (Å²) >= 11 is 0. The highest BCUT2D eigenvalue weighted by atomic mass is 19.4. The Bertz CT molecular complexity index is 863. The van der Waals surface area contributed by atoms with Crippen molar-refractivity contribution >= 4 is 23.4 Å². The fraction of sp³-hybridized carbons (Fsp3) is 0.600. The first-order chi connectivity index (χ1) is 15.1. The standard InChI is InChI=1S/C20H25F3N4O5/c1-32-19(29)26-10-6-15(7-11-26)24-18(28)13-4-8-25(9-5-13)16-3-2-14(20(21,22)23)12-17(16)27(30)31/h2-3,12-13,15H,4-11H2,1H3,(H,24,28). The molecule has 0 bridgehead atoms. The average Bonchev–Trinajstić information content (AvgIpc) is 2.78. The van der Waals surface area contributed by atoms with E-state index in [1.54, 1.807) is 9.80 Å². The molecule has 2 amide bonds. The number of rotatable bonds is 4. The third-order valence-electron chi connectivity index (χ3n) is 5.98. The van der Waals surface area contributed by atoms with Gasteiger partial charge in [0.1, 0.15) is 5.69 Å². The molecule has 2 heterocycles. The Labute approximate surface area is 182 Å². The molecule has 0 aromatic heterocycles. The number of hydrogen-bond donors (Lipinski definition) is 1. The fourth-order valence-electron chi connectivity index (χ4n) is 4.15. The number of piperidine rings is 2. The number of nitro benzene ring substituents is 1. The van der Waals surface area contributed by atoms with Gasteiger partial charge in [-0.3, -0.25) is 14.9 Å². The van der Waals surface area contributed by atoms with Crippen LogP contribution in [0.25, 0.3) is 0 Å². The fourth-order valence-corrected chi connectivity index (χ4v) is 4.15. The van der Waals surface area contributed by atoms with Gasteiger partial charge in [0.15, 0.2) is 0 Å². The van der Waals surface area contributed by atoms with E-state index in [2.05, 4.69) is 5.32 Å². The van der Waals surface area contributed by atoms with Gasteiger partial charge < -0.3 is 19.9 Å². The summed E-state index contributed by atoms with van der Waals surface area (Å²) in [6.07, 6.45) is -2.94. The summed E-state index contributed by atoms with van der Waals surface area (Å²) < 4.78 is 43.4. The Balaban J connectivity index is 1.56. The van der Waals surface area contributed by atoms with E-state index in [-0.39, 0.29) is 29.6 Å². The van der Waals surface area contributed by atoms with Crippen LogP contribution in [0, 0.1) is 16.0 Å². The molecule has 0 radical (unpaired) electrons. The summed E-state index contributed by atoms with van der Waals surface area (Å²) in [6, 6.07) is 2.46. The predicted octanol–water partition coefficient (Wildman–Crippen LogP) is 3.18. The van der Waals surface area contributed by atoms with Crippen LogP contribution in [0.5, 0.6) is 0 Å². The van der Waals surface area contributed by atoms with Crippen LogP contribution in [0.2, 0.25) is 0 Å². The molecular weight excluding hydrogens is 433 g/mol. The smallest absolute Gasteiger partial charge is 0.416 e. The third-order valence-corrected chi connectivity index (χ3v) is 5.98. The number of amides is 2. The van der Waals surface area contributed by atoms with E-state index in [0.29, 0.717) is 57.9 Å². The quantitative estimate of drug-likeness (QED) is 0.549. The van der Waals surface area contributed by atoms with Crippen molar-refractivity contribution in [3.8, 4) is 0 Å². The van der Waals surface area contributed by atoms with Gasteiger partial charge in [-0.2, -0.15) is 13.2 Å². The summed E-state index contributed by atoms with van der Waals surface area (Å²) in [5, 5.41) is 14.3. The van der Waals surface area contributed by atoms with Gasteiger partial charge in [-0.25, -0.2) is 4.79 Å². The van der Waals surface area contributed by atoms with E-state index in [1.807, 2.05) is 0 Å². The molecule has 0 aliphatic carbocycles. The molecule has 2 aliphatic rings. The second-order valence-corrected chi connectivity index (χ2v) is 7.96. The molecule has 2 aliphatic heterocycles. The Hall–Kier alpha value is -3.05. The number of likely N-dealkylation sites (tertiary alicyclic amines) is 1. The number of halogens is 3. The lowest BCUT2D eigenvalue weighted by atomic mass is 9.94. The summed E-state index contributed by atoms with van der Waals surface area (Å²) in [7, 11) is 1.32. The molecule has 1 N–H and O–H groups in total. The minimum absolute atomic E-state index is 0.0440. The van der Waals surface area contributed by atoms with Crippen molar-refractivity contribution in [2.24, 2.45) is 5.92 Å². The van der Waals surface area contributed by atoms with Gasteiger partial charge in [-0.05, 0) is 37.8 Å². The van der Waals surface area contributed by atoms with E-state index in [4.69, 9.17) is 4.74 Å². The van der Waals surface area contributed by atoms with E-state index < -0.39 is 22.4 Å². The first-order valence-electron chi connectivity index (χ1n) is 10.3. The Morgan fingerprint density at radius 3 is 2.28 bits per heavy atom. The minimum atomic E-state index is -4.67. The van der Waals surface area contributed by atoms with Gasteiger partial charge in [0.2, 0.25) is 5.91 Å². The zero-order valence-corrected chi connectivity index (χ0v) is 17.6. The molecule has 176 valence electrons. The number of alkyl halides is 3. The molecule has 1 aromatic carbocycles. The van der Waals surface area contributed by atoms with E-state index in [1.165, 1.54) is 7.11 Å². The first kappa shape index (κ1) is 23.6. The molecule has 3 rings (SSSR count). The lowest BCUT2D eigenvalue weighted by molar-refractivity contribution is -0.384. The van der Waals surface area contributed by atoms with Crippen LogP contribution in [0.1, 0.15) is 31.2 Å². The molecule has 12 heteroatoms. The lowest BCUT2D eigenvalue weighted by Crippen LogP contribution is -2.49. The topological polar surface area (TPSA) is 105 Å². The van der Waals surface area contributed by atoms with Gasteiger partial charge in [0, 0.05) is 44.2 Å². The van der Waals surface area contributed by atoms with Crippen LogP contribution in [0.15, 0.2) is 18.2 Å². The zero-order valence-electron chi connectivity index (χ0n) is 17.6. The zero-order chi connectivity index (χ0) is 23.5.